The van der Waals surface area contributed by atoms with Gasteiger partial charge in [-0.2, -0.15) is 0 Å². The molecule has 0 saturated carbocycles. The summed E-state index contributed by atoms with van der Waals surface area (Å²) >= 11 is 0. The Morgan fingerprint density at radius 3 is 2.21 bits per heavy atom. The summed E-state index contributed by atoms with van der Waals surface area (Å²) in [5.41, 5.74) is 0. The van der Waals surface area contributed by atoms with Crippen molar-refractivity contribution in [3.63, 3.8) is 0 Å². The standard InChI is InChI=1S/C9H18N2O2S/c12-14(13,11-7-1-2-8-11)9-3-5-10-6-4-9/h9-10H,1-8H2. The average molecular weight is 218 g/mol. The normalized spacial score (nSPS) is 26.9. The van der Waals surface area contributed by atoms with Gasteiger partial charge in [0.1, 0.15) is 0 Å². The molecule has 0 aromatic carbocycles. The molecule has 0 spiro atoms. The molecule has 14 heavy (non-hydrogen) atoms. The predicted molar refractivity (Wildman–Crippen MR) is 55.6 cm³/mol. The Bertz CT molecular complexity index is 277. The lowest BCUT2D eigenvalue weighted by molar-refractivity contribution is 0.435. The van der Waals surface area contributed by atoms with Gasteiger partial charge in [-0.15, -0.1) is 0 Å². The third kappa shape index (κ3) is 1.94. The lowest BCUT2D eigenvalue weighted by atomic mass is 10.2. The molecule has 2 aliphatic heterocycles. The monoisotopic (exact) mass is 218 g/mol. The summed E-state index contributed by atoms with van der Waals surface area (Å²) in [4.78, 5) is 0. The number of hydrogen-bond donors (Lipinski definition) is 1. The zero-order valence-electron chi connectivity index (χ0n) is 8.41. The van der Waals surface area contributed by atoms with Crippen LogP contribution in [0.4, 0.5) is 0 Å². The van der Waals surface area contributed by atoms with Gasteiger partial charge in [0.05, 0.1) is 5.25 Å². The first-order valence-corrected chi connectivity index (χ1v) is 6.91. The number of nitrogens with one attached hydrogen (secondary N) is 1. The molecule has 2 aliphatic rings. The van der Waals surface area contributed by atoms with E-state index in [1.54, 1.807) is 4.31 Å². The second kappa shape index (κ2) is 4.16. The minimum Gasteiger partial charge on any atom is -0.317 e. The number of hydrogen-bond acceptors (Lipinski definition) is 3. The molecule has 0 aliphatic carbocycles. The van der Waals surface area contributed by atoms with E-state index in [9.17, 15) is 8.42 Å². The van der Waals surface area contributed by atoms with Crippen LogP contribution in [0.3, 0.4) is 0 Å². The second-order valence-corrected chi connectivity index (χ2v) is 6.31. The van der Waals surface area contributed by atoms with Crippen LogP contribution < -0.4 is 5.32 Å². The molecule has 0 aromatic rings. The maximum atomic E-state index is 12.1. The lowest BCUT2D eigenvalue weighted by Gasteiger charge is -2.27. The number of rotatable bonds is 2. The zero-order chi connectivity index (χ0) is 10.0. The van der Waals surface area contributed by atoms with E-state index >= 15 is 0 Å². The molecular formula is C9H18N2O2S. The van der Waals surface area contributed by atoms with E-state index in [1.165, 1.54) is 0 Å². The summed E-state index contributed by atoms with van der Waals surface area (Å²) in [7, 11) is -2.97. The van der Waals surface area contributed by atoms with Gasteiger partial charge in [0, 0.05) is 13.1 Å². The van der Waals surface area contributed by atoms with Crippen molar-refractivity contribution >= 4 is 10.0 Å². The molecule has 2 heterocycles. The van der Waals surface area contributed by atoms with Crippen LogP contribution in [0.2, 0.25) is 0 Å². The molecule has 0 aromatic heterocycles. The van der Waals surface area contributed by atoms with Crippen LogP contribution in [-0.4, -0.2) is 44.2 Å². The maximum Gasteiger partial charge on any atom is 0.217 e. The van der Waals surface area contributed by atoms with Crippen LogP contribution in [0.25, 0.3) is 0 Å². The van der Waals surface area contributed by atoms with Crippen molar-refractivity contribution in [3.8, 4) is 0 Å². The van der Waals surface area contributed by atoms with E-state index in [-0.39, 0.29) is 5.25 Å². The van der Waals surface area contributed by atoms with Gasteiger partial charge in [0.15, 0.2) is 0 Å². The van der Waals surface area contributed by atoms with Crippen molar-refractivity contribution in [1.29, 1.82) is 0 Å². The first-order chi connectivity index (χ1) is 6.71. The van der Waals surface area contributed by atoms with Gasteiger partial charge in [-0.1, -0.05) is 0 Å². The second-order valence-electron chi connectivity index (χ2n) is 4.10. The smallest absolute Gasteiger partial charge is 0.217 e. The SMILES string of the molecule is O=S(=O)(C1CCNCC1)N1CCCC1. The molecule has 1 N–H and O–H groups in total. The fourth-order valence-corrected chi connectivity index (χ4v) is 4.27. The highest BCUT2D eigenvalue weighted by molar-refractivity contribution is 7.89. The van der Waals surface area contributed by atoms with Gasteiger partial charge < -0.3 is 5.32 Å². The molecule has 82 valence electrons. The fourth-order valence-electron chi connectivity index (χ4n) is 2.25. The van der Waals surface area contributed by atoms with Gasteiger partial charge in [-0.25, -0.2) is 12.7 Å². The molecule has 0 unspecified atom stereocenters. The minimum absolute atomic E-state index is 0.123. The number of nitrogens with zero attached hydrogens (tertiary/aromatic N) is 1. The third-order valence-electron chi connectivity index (χ3n) is 3.13. The third-order valence-corrected chi connectivity index (χ3v) is 5.53. The van der Waals surface area contributed by atoms with Crippen LogP contribution >= 0.6 is 0 Å². The van der Waals surface area contributed by atoms with Crippen LogP contribution in [0.5, 0.6) is 0 Å². The van der Waals surface area contributed by atoms with Crippen molar-refractivity contribution in [2.45, 2.75) is 30.9 Å². The highest BCUT2D eigenvalue weighted by atomic mass is 32.2. The molecule has 0 atom stereocenters. The Kier molecular flexibility index (Phi) is 3.09. The Labute approximate surface area is 85.7 Å². The van der Waals surface area contributed by atoms with Gasteiger partial charge in [0.25, 0.3) is 0 Å². The Morgan fingerprint density at radius 1 is 1.07 bits per heavy atom. The quantitative estimate of drug-likeness (QED) is 0.718. The summed E-state index contributed by atoms with van der Waals surface area (Å²) in [5, 5.41) is 3.07. The summed E-state index contributed by atoms with van der Waals surface area (Å²) in [6.45, 7) is 3.17. The van der Waals surface area contributed by atoms with Gasteiger partial charge >= 0.3 is 0 Å². The number of sulfonamides is 1. The Morgan fingerprint density at radius 2 is 1.64 bits per heavy atom. The molecule has 2 saturated heterocycles. The van der Waals surface area contributed by atoms with Gasteiger partial charge in [0.2, 0.25) is 10.0 Å². The lowest BCUT2D eigenvalue weighted by Crippen LogP contribution is -2.42. The van der Waals surface area contributed by atoms with Gasteiger partial charge in [-0.3, -0.25) is 0 Å². The molecule has 2 rings (SSSR count). The van der Waals surface area contributed by atoms with Crippen molar-refractivity contribution in [1.82, 2.24) is 9.62 Å². The first-order valence-electron chi connectivity index (χ1n) is 5.41. The van der Waals surface area contributed by atoms with Crippen molar-refractivity contribution in [2.24, 2.45) is 0 Å². The maximum absolute atomic E-state index is 12.1. The topological polar surface area (TPSA) is 49.4 Å². The van der Waals surface area contributed by atoms with E-state index in [1.807, 2.05) is 0 Å². The summed E-state index contributed by atoms with van der Waals surface area (Å²) in [6.07, 6.45) is 3.62. The fraction of sp³-hybridized carbons (Fsp3) is 1.00. The number of piperidine rings is 1. The predicted octanol–water partition coefficient (Wildman–Crippen LogP) is 0.164. The van der Waals surface area contributed by atoms with E-state index < -0.39 is 10.0 Å². The molecule has 4 nitrogen and oxygen atoms in total. The van der Waals surface area contributed by atoms with Crippen molar-refractivity contribution in [3.05, 3.63) is 0 Å². The molecule has 5 heteroatoms. The Hall–Kier alpha value is -0.130. The van der Waals surface area contributed by atoms with Crippen LogP contribution in [-0.2, 0) is 10.0 Å². The molecule has 0 bridgehead atoms. The van der Waals surface area contributed by atoms with E-state index in [4.69, 9.17) is 0 Å². The van der Waals surface area contributed by atoms with Crippen LogP contribution in [0.15, 0.2) is 0 Å². The molecule has 2 fully saturated rings. The highest BCUT2D eigenvalue weighted by Crippen LogP contribution is 2.21. The summed E-state index contributed by atoms with van der Waals surface area (Å²) in [5.74, 6) is 0. The Balaban J connectivity index is 2.05. The summed E-state index contributed by atoms with van der Waals surface area (Å²) < 4.78 is 25.9. The van der Waals surface area contributed by atoms with Gasteiger partial charge in [-0.05, 0) is 38.8 Å². The largest absolute Gasteiger partial charge is 0.317 e. The van der Waals surface area contributed by atoms with E-state index in [2.05, 4.69) is 5.32 Å². The van der Waals surface area contributed by atoms with E-state index in [0.717, 1.165) is 51.9 Å². The van der Waals surface area contributed by atoms with Crippen LogP contribution in [0.1, 0.15) is 25.7 Å². The first kappa shape index (κ1) is 10.4. The van der Waals surface area contributed by atoms with Crippen molar-refractivity contribution in [2.75, 3.05) is 26.2 Å². The summed E-state index contributed by atoms with van der Waals surface area (Å²) in [6, 6.07) is 0. The van der Waals surface area contributed by atoms with E-state index in [0.29, 0.717) is 0 Å². The van der Waals surface area contributed by atoms with Crippen LogP contribution in [0, 0.1) is 0 Å². The molecular weight excluding hydrogens is 200 g/mol. The molecule has 0 radical (unpaired) electrons. The average Bonchev–Trinajstić information content (AvgIpc) is 2.72. The van der Waals surface area contributed by atoms with Crippen molar-refractivity contribution < 1.29 is 8.42 Å². The minimum atomic E-state index is -2.97. The zero-order valence-corrected chi connectivity index (χ0v) is 9.22. The highest BCUT2D eigenvalue weighted by Gasteiger charge is 2.33. The molecule has 0 amide bonds.